The second-order valence-electron chi connectivity index (χ2n) is 15.5. The zero-order chi connectivity index (χ0) is 48.9. The van der Waals surface area contributed by atoms with Crippen LogP contribution in [0.3, 0.4) is 0 Å². The van der Waals surface area contributed by atoms with Crippen molar-refractivity contribution in [2.24, 2.45) is 0 Å². The number of hydrogen-bond donors (Lipinski definition) is 0. The molecule has 0 aliphatic heterocycles. The fraction of sp³-hybridized carbons (Fsp3) is 0. The van der Waals surface area contributed by atoms with Crippen LogP contribution >= 0.6 is 0 Å². The molecule has 0 amide bonds. The van der Waals surface area contributed by atoms with E-state index in [1.165, 1.54) is 4.90 Å². The predicted molar refractivity (Wildman–Crippen MR) is 269 cm³/mol. The molecule has 296 valence electrons. The summed E-state index contributed by atoms with van der Waals surface area (Å²) in [5.74, 6) is 0. The van der Waals surface area contributed by atoms with Crippen LogP contribution in [0, 0.1) is 0 Å². The van der Waals surface area contributed by atoms with Crippen LogP contribution in [0.15, 0.2) is 261 Å². The quantitative estimate of drug-likeness (QED) is 0.140. The van der Waals surface area contributed by atoms with E-state index in [-0.39, 0.29) is 46.7 Å². The molecular weight excluding hydrogens is 759 g/mol. The molecular formula is C62H43N. The Morgan fingerprint density at radius 2 is 0.698 bits per heavy atom. The second kappa shape index (κ2) is 16.7. The summed E-state index contributed by atoms with van der Waals surface area (Å²) in [6.45, 7) is 0. The summed E-state index contributed by atoms with van der Waals surface area (Å²) in [4.78, 5) is 1.36. The normalized spacial score (nSPS) is 13.0. The lowest BCUT2D eigenvalue weighted by molar-refractivity contribution is 1.28. The summed E-state index contributed by atoms with van der Waals surface area (Å²) in [6, 6.07) is 65.8. The van der Waals surface area contributed by atoms with E-state index in [4.69, 9.17) is 0 Å². The number of nitrogens with zero attached hydrogens (tertiary/aromatic N) is 1. The van der Waals surface area contributed by atoms with E-state index >= 15 is 0 Å². The van der Waals surface area contributed by atoms with Crippen LogP contribution in [-0.2, 0) is 0 Å². The second-order valence-corrected chi connectivity index (χ2v) is 15.5. The van der Waals surface area contributed by atoms with Crippen molar-refractivity contribution in [2.75, 3.05) is 4.90 Å². The van der Waals surface area contributed by atoms with E-state index in [1.807, 2.05) is 146 Å². The molecule has 0 aliphatic rings. The molecule has 1 heteroatoms. The summed E-state index contributed by atoms with van der Waals surface area (Å²) >= 11 is 0. The molecule has 0 spiro atoms. The number of hydrogen-bond acceptors (Lipinski definition) is 1. The first-order valence-corrected chi connectivity index (χ1v) is 21.0. The third-order valence-electron chi connectivity index (χ3n) is 11.6. The van der Waals surface area contributed by atoms with Gasteiger partial charge in [0.05, 0.1) is 11.0 Å². The minimum Gasteiger partial charge on any atom is -0.311 e. The maximum Gasteiger partial charge on any atom is 0.0645 e. The van der Waals surface area contributed by atoms with E-state index in [0.717, 1.165) is 66.1 Å². The molecule has 0 fully saturated rings. The van der Waals surface area contributed by atoms with Gasteiger partial charge in [-0.25, -0.2) is 0 Å². The van der Waals surface area contributed by atoms with Crippen molar-refractivity contribution in [1.29, 1.82) is 0 Å². The third kappa shape index (κ3) is 7.58. The fourth-order valence-corrected chi connectivity index (χ4v) is 8.39. The zero-order valence-corrected chi connectivity index (χ0v) is 34.2. The summed E-state index contributed by atoms with van der Waals surface area (Å²) in [5, 5.41) is 4.14. The third-order valence-corrected chi connectivity index (χ3v) is 11.6. The first-order valence-electron chi connectivity index (χ1n) is 25.0. The van der Waals surface area contributed by atoms with Gasteiger partial charge in [0.25, 0.3) is 0 Å². The molecule has 0 heterocycles. The van der Waals surface area contributed by atoms with Crippen LogP contribution in [0.5, 0.6) is 0 Å². The molecule has 1 nitrogen and oxygen atoms in total. The lowest BCUT2D eigenvalue weighted by Crippen LogP contribution is -2.09. The van der Waals surface area contributed by atoms with Gasteiger partial charge in [0, 0.05) is 17.1 Å². The van der Waals surface area contributed by atoms with Gasteiger partial charge in [-0.3, -0.25) is 0 Å². The largest absolute Gasteiger partial charge is 0.311 e. The summed E-state index contributed by atoms with van der Waals surface area (Å²) in [7, 11) is 0. The minimum atomic E-state index is -0.405. The van der Waals surface area contributed by atoms with Crippen LogP contribution in [0.2, 0.25) is 0 Å². The Balaban J connectivity index is 1.08. The standard InChI is InChI=1S/C62H43N/c1-3-12-44(13-4-1)46-22-24-47(25-23-46)48-28-35-57(36-29-48)63(58-37-30-49(31-38-58)54-19-11-20-55(42-54)56-27-26-45-14-7-8-18-53(45)43-56)59-39-32-51(33-40-59)61-41-34-50-15-9-10-21-60(50)62(61)52-16-5-2-6-17-52/h1-43H/i28D,29D,32D,33D,35D,36D,39D,40D. The van der Waals surface area contributed by atoms with E-state index in [0.29, 0.717) is 16.8 Å². The van der Waals surface area contributed by atoms with Gasteiger partial charge in [-0.1, -0.05) is 212 Å². The molecule has 0 bridgehead atoms. The Kier molecular flexibility index (Phi) is 7.90. The van der Waals surface area contributed by atoms with E-state index in [9.17, 15) is 11.0 Å². The van der Waals surface area contributed by atoms with Gasteiger partial charge in [0.2, 0.25) is 0 Å². The molecule has 0 aromatic heterocycles. The Hall–Kier alpha value is -8.26. The summed E-state index contributed by atoms with van der Waals surface area (Å²) in [5.41, 5.74) is 8.55. The molecule has 0 N–H and O–H groups in total. The topological polar surface area (TPSA) is 3.24 Å². The average Bonchev–Trinajstić information content (AvgIpc) is 3.42. The van der Waals surface area contributed by atoms with E-state index in [2.05, 4.69) is 42.5 Å². The van der Waals surface area contributed by atoms with Gasteiger partial charge < -0.3 is 4.90 Å². The molecule has 11 aromatic rings. The lowest BCUT2D eigenvalue weighted by Gasteiger charge is -2.26. The molecule has 11 rings (SSSR count). The molecule has 0 saturated heterocycles. The highest BCUT2D eigenvalue weighted by Crippen LogP contribution is 2.42. The van der Waals surface area contributed by atoms with Gasteiger partial charge in [0.15, 0.2) is 0 Å². The Morgan fingerprint density at radius 1 is 0.254 bits per heavy atom. The molecule has 0 unspecified atom stereocenters. The van der Waals surface area contributed by atoms with Crippen LogP contribution in [0.1, 0.15) is 11.0 Å². The molecule has 11 aromatic carbocycles. The highest BCUT2D eigenvalue weighted by Gasteiger charge is 2.16. The van der Waals surface area contributed by atoms with Gasteiger partial charge in [-0.05, 0) is 137 Å². The monoisotopic (exact) mass is 809 g/mol. The zero-order valence-electron chi connectivity index (χ0n) is 42.2. The van der Waals surface area contributed by atoms with Crippen molar-refractivity contribution in [2.45, 2.75) is 0 Å². The van der Waals surface area contributed by atoms with Crippen molar-refractivity contribution >= 4 is 38.6 Å². The highest BCUT2D eigenvalue weighted by atomic mass is 15.1. The van der Waals surface area contributed by atoms with Crippen molar-refractivity contribution in [3.05, 3.63) is 261 Å². The van der Waals surface area contributed by atoms with Gasteiger partial charge in [-0.2, -0.15) is 0 Å². The van der Waals surface area contributed by atoms with E-state index in [1.54, 1.807) is 24.3 Å². The minimum absolute atomic E-state index is 0.101. The van der Waals surface area contributed by atoms with E-state index < -0.39 is 24.2 Å². The number of rotatable bonds is 9. The van der Waals surface area contributed by atoms with Gasteiger partial charge in [0.1, 0.15) is 0 Å². The molecule has 0 atom stereocenters. The predicted octanol–water partition coefficient (Wildman–Crippen LogP) is 17.5. The Morgan fingerprint density at radius 3 is 1.38 bits per heavy atom. The van der Waals surface area contributed by atoms with Crippen LogP contribution in [0.25, 0.3) is 88.3 Å². The maximum absolute atomic E-state index is 9.79. The SMILES string of the molecule is [2H]c1c([2H])c(N(c2ccc(-c3cccc(-c4ccc5ccccc5c4)c3)cc2)c2c([2H])c([2H])c(-c3ccc4ccccc4c3-c3ccccc3)c([2H])c2[2H])c([2H])c([2H])c1-c1ccc(-c2ccccc2)cc1. The molecule has 0 radical (unpaired) electrons. The number of fused-ring (bicyclic) bond motifs is 2. The average molecular weight is 810 g/mol. The number of benzene rings is 11. The lowest BCUT2D eigenvalue weighted by atomic mass is 9.90. The molecule has 0 saturated carbocycles. The van der Waals surface area contributed by atoms with Crippen molar-refractivity contribution in [3.8, 4) is 66.8 Å². The first kappa shape index (κ1) is 29.9. The fourth-order valence-electron chi connectivity index (χ4n) is 8.39. The summed E-state index contributed by atoms with van der Waals surface area (Å²) in [6.07, 6.45) is 0. The van der Waals surface area contributed by atoms with Gasteiger partial charge in [-0.15, -0.1) is 0 Å². The molecule has 63 heavy (non-hydrogen) atoms. The van der Waals surface area contributed by atoms with Crippen LogP contribution < -0.4 is 4.90 Å². The van der Waals surface area contributed by atoms with Crippen LogP contribution in [0.4, 0.5) is 17.1 Å². The summed E-state index contributed by atoms with van der Waals surface area (Å²) < 4.78 is 77.2. The first-order chi connectivity index (χ1) is 34.6. The smallest absolute Gasteiger partial charge is 0.0645 e. The Labute approximate surface area is 380 Å². The maximum atomic E-state index is 9.79. The highest BCUT2D eigenvalue weighted by molar-refractivity contribution is 6.04. The van der Waals surface area contributed by atoms with Crippen molar-refractivity contribution < 1.29 is 11.0 Å². The molecule has 0 aliphatic carbocycles. The van der Waals surface area contributed by atoms with Crippen molar-refractivity contribution in [3.63, 3.8) is 0 Å². The number of anilines is 3. The van der Waals surface area contributed by atoms with Crippen molar-refractivity contribution in [1.82, 2.24) is 0 Å². The van der Waals surface area contributed by atoms with Crippen LogP contribution in [-0.4, -0.2) is 0 Å². The Bertz CT molecular complexity index is 3780. The van der Waals surface area contributed by atoms with Gasteiger partial charge >= 0.3 is 0 Å².